The molecule has 0 heterocycles. The normalized spacial score (nSPS) is 11.0. The number of nitrogens with zero attached hydrogens (tertiary/aromatic N) is 2. The van der Waals surface area contributed by atoms with Gasteiger partial charge in [-0.15, -0.1) is 0 Å². The Bertz CT molecular complexity index is 469. The van der Waals surface area contributed by atoms with Crippen molar-refractivity contribution in [2.45, 2.75) is 20.4 Å². The Morgan fingerprint density at radius 3 is 2.57 bits per heavy atom. The number of nitrogens with two attached hydrogens (primary N) is 1. The average molecular weight is 287 g/mol. The summed E-state index contributed by atoms with van der Waals surface area (Å²) in [6.45, 7) is 9.21. The van der Waals surface area contributed by atoms with Gasteiger partial charge in [-0.05, 0) is 37.7 Å². The molecule has 0 aliphatic carbocycles. The van der Waals surface area contributed by atoms with Gasteiger partial charge in [0.1, 0.15) is 0 Å². The summed E-state index contributed by atoms with van der Waals surface area (Å²) < 4.78 is 0. The van der Waals surface area contributed by atoms with Crippen LogP contribution >= 0.6 is 0 Å². The zero-order valence-electron chi connectivity index (χ0n) is 13.9. The van der Waals surface area contributed by atoms with Crippen molar-refractivity contribution in [3.8, 4) is 11.8 Å². The molecule has 0 bridgehead atoms. The fraction of sp³-hybridized carbons (Fsp3) is 0.556. The van der Waals surface area contributed by atoms with Crippen molar-refractivity contribution in [3.05, 3.63) is 35.4 Å². The fourth-order valence-electron chi connectivity index (χ4n) is 2.25. The highest BCUT2D eigenvalue weighted by molar-refractivity contribution is 5.37. The molecule has 2 N–H and O–H groups in total. The maximum Gasteiger partial charge on any atom is 0.0555 e. The van der Waals surface area contributed by atoms with Crippen LogP contribution in [-0.4, -0.2) is 50.1 Å². The van der Waals surface area contributed by atoms with Gasteiger partial charge in [0.15, 0.2) is 0 Å². The van der Waals surface area contributed by atoms with Gasteiger partial charge in [0.2, 0.25) is 0 Å². The molecule has 1 aromatic rings. The molecule has 3 heteroatoms. The van der Waals surface area contributed by atoms with Crippen molar-refractivity contribution in [3.63, 3.8) is 0 Å². The van der Waals surface area contributed by atoms with E-state index in [4.69, 9.17) is 5.73 Å². The summed E-state index contributed by atoms with van der Waals surface area (Å²) in [4.78, 5) is 4.75. The van der Waals surface area contributed by atoms with E-state index in [-0.39, 0.29) is 0 Å². The molecule has 0 saturated heterocycles. The van der Waals surface area contributed by atoms with Crippen LogP contribution in [0.1, 0.15) is 25.0 Å². The Kier molecular flexibility index (Phi) is 8.07. The minimum atomic E-state index is 0.409. The largest absolute Gasteiger partial charge is 0.320 e. The predicted octanol–water partition coefficient (Wildman–Crippen LogP) is 2.02. The molecule has 0 amide bonds. The van der Waals surface area contributed by atoms with E-state index in [2.05, 4.69) is 67.8 Å². The summed E-state index contributed by atoms with van der Waals surface area (Å²) in [5, 5.41) is 0. The molecule has 1 aromatic carbocycles. The smallest absolute Gasteiger partial charge is 0.0555 e. The van der Waals surface area contributed by atoms with E-state index in [1.54, 1.807) is 0 Å². The van der Waals surface area contributed by atoms with Gasteiger partial charge in [-0.25, -0.2) is 0 Å². The lowest BCUT2D eigenvalue weighted by atomic mass is 10.1. The fourth-order valence-corrected chi connectivity index (χ4v) is 2.25. The molecule has 0 fully saturated rings. The van der Waals surface area contributed by atoms with Crippen LogP contribution in [0.4, 0.5) is 0 Å². The van der Waals surface area contributed by atoms with Crippen LogP contribution in [-0.2, 0) is 6.54 Å². The molecule has 116 valence electrons. The summed E-state index contributed by atoms with van der Waals surface area (Å²) >= 11 is 0. The topological polar surface area (TPSA) is 32.5 Å². The van der Waals surface area contributed by atoms with Crippen LogP contribution in [0.3, 0.4) is 0 Å². The first-order chi connectivity index (χ1) is 10.0. The number of likely N-dealkylation sites (N-methyl/N-ethyl adjacent to an activating group) is 1. The third kappa shape index (κ3) is 7.87. The van der Waals surface area contributed by atoms with Crippen LogP contribution in [0, 0.1) is 17.8 Å². The zero-order valence-corrected chi connectivity index (χ0v) is 13.9. The summed E-state index contributed by atoms with van der Waals surface area (Å²) in [7, 11) is 4.24. The van der Waals surface area contributed by atoms with Gasteiger partial charge in [-0.1, -0.05) is 37.8 Å². The second-order valence-electron chi connectivity index (χ2n) is 6.14. The first-order valence-electron chi connectivity index (χ1n) is 7.66. The van der Waals surface area contributed by atoms with E-state index in [0.29, 0.717) is 12.5 Å². The molecule has 0 spiro atoms. The second-order valence-corrected chi connectivity index (χ2v) is 6.14. The standard InChI is InChI=1S/C18H29N3/c1-16(2)14-21(12-11-20(3)4)15-18-8-5-7-17(13-18)9-6-10-19/h5,7-8,13,16H,10-12,14-15,19H2,1-4H3. The predicted molar refractivity (Wildman–Crippen MR) is 91.0 cm³/mol. The molecule has 21 heavy (non-hydrogen) atoms. The summed E-state index contributed by atoms with van der Waals surface area (Å²) in [6.07, 6.45) is 0. The first kappa shape index (κ1) is 17.7. The van der Waals surface area contributed by atoms with E-state index in [0.717, 1.165) is 31.7 Å². The molecule has 0 atom stereocenters. The van der Waals surface area contributed by atoms with Crippen LogP contribution < -0.4 is 5.73 Å². The quantitative estimate of drug-likeness (QED) is 0.779. The van der Waals surface area contributed by atoms with Crippen molar-refractivity contribution in [2.24, 2.45) is 11.7 Å². The van der Waals surface area contributed by atoms with Crippen molar-refractivity contribution in [1.29, 1.82) is 0 Å². The van der Waals surface area contributed by atoms with Gasteiger partial charge in [-0.2, -0.15) is 0 Å². The number of benzene rings is 1. The molecule has 0 aliphatic rings. The third-order valence-corrected chi connectivity index (χ3v) is 3.15. The van der Waals surface area contributed by atoms with E-state index < -0.39 is 0 Å². The molecular weight excluding hydrogens is 258 g/mol. The lowest BCUT2D eigenvalue weighted by Crippen LogP contribution is -2.34. The van der Waals surface area contributed by atoms with Gasteiger partial charge in [0.05, 0.1) is 6.54 Å². The Balaban J connectivity index is 2.72. The van der Waals surface area contributed by atoms with Crippen LogP contribution in [0.15, 0.2) is 24.3 Å². The summed E-state index contributed by atoms with van der Waals surface area (Å²) in [5.74, 6) is 6.70. The Hall–Kier alpha value is -1.34. The number of hydrogen-bond donors (Lipinski definition) is 1. The van der Waals surface area contributed by atoms with E-state index in [9.17, 15) is 0 Å². The van der Waals surface area contributed by atoms with Gasteiger partial charge in [0, 0.05) is 31.7 Å². The third-order valence-electron chi connectivity index (χ3n) is 3.15. The van der Waals surface area contributed by atoms with E-state index >= 15 is 0 Å². The van der Waals surface area contributed by atoms with E-state index in [1.165, 1.54) is 5.56 Å². The lowest BCUT2D eigenvalue weighted by Gasteiger charge is -2.26. The number of hydrogen-bond acceptors (Lipinski definition) is 3. The highest BCUT2D eigenvalue weighted by Crippen LogP contribution is 2.10. The molecular formula is C18H29N3. The molecule has 1 rings (SSSR count). The maximum atomic E-state index is 5.43. The second kappa shape index (κ2) is 9.57. The van der Waals surface area contributed by atoms with E-state index in [1.807, 2.05) is 6.07 Å². The minimum Gasteiger partial charge on any atom is -0.320 e. The van der Waals surface area contributed by atoms with Gasteiger partial charge in [0.25, 0.3) is 0 Å². The Labute approximate surface area is 130 Å². The Morgan fingerprint density at radius 1 is 1.19 bits per heavy atom. The zero-order chi connectivity index (χ0) is 15.7. The monoisotopic (exact) mass is 287 g/mol. The van der Waals surface area contributed by atoms with Crippen molar-refractivity contribution in [2.75, 3.05) is 40.3 Å². The molecule has 3 nitrogen and oxygen atoms in total. The number of rotatable bonds is 7. The highest BCUT2D eigenvalue weighted by Gasteiger charge is 2.09. The van der Waals surface area contributed by atoms with Crippen LogP contribution in [0.2, 0.25) is 0 Å². The Morgan fingerprint density at radius 2 is 1.95 bits per heavy atom. The van der Waals surface area contributed by atoms with Crippen molar-refractivity contribution >= 4 is 0 Å². The maximum absolute atomic E-state index is 5.43. The molecule has 0 saturated carbocycles. The molecule has 0 aliphatic heterocycles. The summed E-state index contributed by atoms with van der Waals surface area (Å²) in [6, 6.07) is 8.47. The lowest BCUT2D eigenvalue weighted by molar-refractivity contribution is 0.212. The van der Waals surface area contributed by atoms with Crippen molar-refractivity contribution in [1.82, 2.24) is 9.80 Å². The summed E-state index contributed by atoms with van der Waals surface area (Å²) in [5.41, 5.74) is 7.80. The molecule has 0 radical (unpaired) electrons. The van der Waals surface area contributed by atoms with Crippen molar-refractivity contribution < 1.29 is 0 Å². The van der Waals surface area contributed by atoms with Gasteiger partial charge >= 0.3 is 0 Å². The average Bonchev–Trinajstić information content (AvgIpc) is 2.42. The first-order valence-corrected chi connectivity index (χ1v) is 7.66. The molecule has 0 aromatic heterocycles. The SMILES string of the molecule is CC(C)CN(CCN(C)C)Cc1cccc(C#CCN)c1. The van der Waals surface area contributed by atoms with Gasteiger partial charge < -0.3 is 10.6 Å². The van der Waals surface area contributed by atoms with Crippen LogP contribution in [0.5, 0.6) is 0 Å². The minimum absolute atomic E-state index is 0.409. The highest BCUT2D eigenvalue weighted by atomic mass is 15.2. The molecule has 0 unspecified atom stereocenters. The van der Waals surface area contributed by atoms with Crippen LogP contribution in [0.25, 0.3) is 0 Å². The van der Waals surface area contributed by atoms with Gasteiger partial charge in [-0.3, -0.25) is 4.90 Å².